The molecule has 8 heteroatoms. The fraction of sp³-hybridized carbons (Fsp3) is 0.545. The lowest BCUT2D eigenvalue weighted by atomic mass is 9.93. The fourth-order valence-electron chi connectivity index (χ4n) is 5.32. The first-order valence-corrected chi connectivity index (χ1v) is 15.1. The predicted octanol–water partition coefficient (Wildman–Crippen LogP) is 3.73. The largest absolute Gasteiger partial charge is 0.492 e. The number of fused-ring (bicyclic) bond motifs is 1. The lowest BCUT2D eigenvalue weighted by molar-refractivity contribution is -0.144. The van der Waals surface area contributed by atoms with Crippen LogP contribution in [0.2, 0.25) is 0 Å². The van der Waals surface area contributed by atoms with Gasteiger partial charge in [-0.25, -0.2) is 0 Å². The van der Waals surface area contributed by atoms with Gasteiger partial charge in [-0.05, 0) is 41.9 Å². The third-order valence-electron chi connectivity index (χ3n) is 8.23. The highest BCUT2D eigenvalue weighted by atomic mass is 16.5. The molecule has 1 aliphatic heterocycles. The Morgan fingerprint density at radius 2 is 1.59 bits per heavy atom. The zero-order chi connectivity index (χ0) is 29.8. The topological polar surface area (TPSA) is 99.8 Å². The van der Waals surface area contributed by atoms with Gasteiger partial charge in [-0.1, -0.05) is 89.1 Å². The van der Waals surface area contributed by atoms with Crippen LogP contribution in [-0.4, -0.2) is 67.5 Å². The third kappa shape index (κ3) is 9.05. The molecule has 0 saturated carbocycles. The van der Waals surface area contributed by atoms with Crippen LogP contribution in [0.5, 0.6) is 5.75 Å². The minimum Gasteiger partial charge on any atom is -0.492 e. The summed E-state index contributed by atoms with van der Waals surface area (Å²) in [7, 11) is 1.70. The van der Waals surface area contributed by atoms with Gasteiger partial charge in [0.1, 0.15) is 24.4 Å². The van der Waals surface area contributed by atoms with Crippen molar-refractivity contribution in [1.29, 1.82) is 0 Å². The molecule has 2 aromatic rings. The number of amides is 3. The number of carbonyl (C=O) groups excluding carboxylic acids is 3. The quantitative estimate of drug-likeness (QED) is 0.497. The van der Waals surface area contributed by atoms with Crippen LogP contribution in [0.3, 0.4) is 0 Å². The highest BCUT2D eigenvalue weighted by Crippen LogP contribution is 2.21. The minimum absolute atomic E-state index is 0.0556. The first kappa shape index (κ1) is 32.1. The molecule has 1 heterocycles. The van der Waals surface area contributed by atoms with Crippen LogP contribution in [0, 0.1) is 11.8 Å². The van der Waals surface area contributed by atoms with Crippen molar-refractivity contribution in [3.8, 4) is 5.75 Å². The van der Waals surface area contributed by atoms with E-state index in [1.807, 2.05) is 75.4 Å². The summed E-state index contributed by atoms with van der Waals surface area (Å²) in [6, 6.07) is 15.7. The Kier molecular flexibility index (Phi) is 12.7. The van der Waals surface area contributed by atoms with Gasteiger partial charge in [-0.3, -0.25) is 14.4 Å². The third-order valence-corrected chi connectivity index (χ3v) is 8.23. The molecule has 1 aliphatic rings. The molecule has 8 nitrogen and oxygen atoms in total. The van der Waals surface area contributed by atoms with Crippen molar-refractivity contribution >= 4 is 17.7 Å². The van der Waals surface area contributed by atoms with E-state index in [2.05, 4.69) is 22.9 Å². The molecule has 0 saturated heterocycles. The van der Waals surface area contributed by atoms with E-state index in [0.29, 0.717) is 32.5 Å². The van der Waals surface area contributed by atoms with Crippen LogP contribution < -0.4 is 20.7 Å². The first-order chi connectivity index (χ1) is 19.8. The summed E-state index contributed by atoms with van der Waals surface area (Å²) in [4.78, 5) is 42.8. The van der Waals surface area contributed by atoms with Gasteiger partial charge in [0.2, 0.25) is 17.7 Å². The number of nitrogens with one attached hydrogen (secondary N) is 3. The van der Waals surface area contributed by atoms with Crippen LogP contribution in [0.4, 0.5) is 0 Å². The van der Waals surface area contributed by atoms with Gasteiger partial charge in [-0.15, -0.1) is 0 Å². The highest BCUT2D eigenvalue weighted by Gasteiger charge is 2.37. The Bertz CT molecular complexity index is 1130. The van der Waals surface area contributed by atoms with Gasteiger partial charge in [0, 0.05) is 26.6 Å². The van der Waals surface area contributed by atoms with Gasteiger partial charge < -0.3 is 25.6 Å². The van der Waals surface area contributed by atoms with Crippen LogP contribution in [0.15, 0.2) is 54.6 Å². The molecule has 0 bridgehead atoms. The van der Waals surface area contributed by atoms with Gasteiger partial charge in [-0.2, -0.15) is 0 Å². The van der Waals surface area contributed by atoms with E-state index in [1.165, 1.54) is 0 Å². The fourth-order valence-corrected chi connectivity index (χ4v) is 5.32. The number of para-hydroxylation sites is 1. The van der Waals surface area contributed by atoms with E-state index in [0.717, 1.165) is 36.1 Å². The van der Waals surface area contributed by atoms with Crippen molar-refractivity contribution in [2.45, 2.75) is 77.9 Å². The maximum atomic E-state index is 13.9. The lowest BCUT2D eigenvalue weighted by Gasteiger charge is -2.36. The van der Waals surface area contributed by atoms with E-state index in [9.17, 15) is 14.4 Å². The maximum Gasteiger partial charge on any atom is 0.243 e. The number of rotatable bonds is 6. The second-order valence-corrected chi connectivity index (χ2v) is 11.2. The monoisotopic (exact) mass is 564 g/mol. The summed E-state index contributed by atoms with van der Waals surface area (Å²) in [5.74, 6) is 0.0886. The number of likely N-dealkylation sites (N-methyl/N-ethyl adjacent to an activating group) is 1. The van der Waals surface area contributed by atoms with E-state index in [4.69, 9.17) is 4.74 Å². The number of nitrogens with zero attached hydrogens (tertiary/aromatic N) is 1. The second-order valence-electron chi connectivity index (χ2n) is 11.2. The van der Waals surface area contributed by atoms with Crippen molar-refractivity contribution in [3.05, 3.63) is 65.7 Å². The van der Waals surface area contributed by atoms with Crippen LogP contribution in [0.1, 0.15) is 58.1 Å². The number of hydrogen-bond acceptors (Lipinski definition) is 5. The Hall–Kier alpha value is -3.39. The molecule has 2 aromatic carbocycles. The maximum absolute atomic E-state index is 13.9. The number of benzene rings is 2. The number of aryl methyl sites for hydroxylation is 1. The average Bonchev–Trinajstić information content (AvgIpc) is 2.98. The van der Waals surface area contributed by atoms with Gasteiger partial charge >= 0.3 is 0 Å². The zero-order valence-electron chi connectivity index (χ0n) is 25.3. The first-order valence-electron chi connectivity index (χ1n) is 15.1. The summed E-state index contributed by atoms with van der Waals surface area (Å²) in [6.45, 7) is 9.47. The van der Waals surface area contributed by atoms with Gasteiger partial charge in [0.25, 0.3) is 0 Å². The van der Waals surface area contributed by atoms with Gasteiger partial charge in [0.15, 0.2) is 0 Å². The van der Waals surface area contributed by atoms with Crippen LogP contribution >= 0.6 is 0 Å². The molecule has 3 N–H and O–H groups in total. The molecule has 0 aromatic heterocycles. The van der Waals surface area contributed by atoms with Crippen molar-refractivity contribution < 1.29 is 19.1 Å². The molecule has 5 unspecified atom stereocenters. The average molecular weight is 565 g/mol. The second kappa shape index (κ2) is 16.2. The Morgan fingerprint density at radius 3 is 2.29 bits per heavy atom. The van der Waals surface area contributed by atoms with Crippen LogP contribution in [-0.2, 0) is 27.2 Å². The van der Waals surface area contributed by atoms with Crippen molar-refractivity contribution in [2.75, 3.05) is 26.7 Å². The van der Waals surface area contributed by atoms with Crippen molar-refractivity contribution in [1.82, 2.24) is 20.9 Å². The smallest absolute Gasteiger partial charge is 0.243 e. The lowest BCUT2D eigenvalue weighted by Crippen LogP contribution is -2.59. The molecule has 0 aliphatic carbocycles. The Morgan fingerprint density at radius 1 is 0.902 bits per heavy atom. The summed E-state index contributed by atoms with van der Waals surface area (Å²) in [5, 5.41) is 9.47. The summed E-state index contributed by atoms with van der Waals surface area (Å²) in [6.07, 6.45) is 3.35. The number of carbonyl (C=O) groups is 3. The molecule has 0 fully saturated rings. The molecule has 3 amide bonds. The molecule has 5 atom stereocenters. The normalized spacial score (nSPS) is 23.2. The highest BCUT2D eigenvalue weighted by molar-refractivity contribution is 5.93. The summed E-state index contributed by atoms with van der Waals surface area (Å²) < 4.78 is 6.12. The molecule has 41 heavy (non-hydrogen) atoms. The van der Waals surface area contributed by atoms with E-state index in [1.54, 1.807) is 11.9 Å². The van der Waals surface area contributed by atoms with Crippen molar-refractivity contribution in [3.63, 3.8) is 0 Å². The molecule has 3 rings (SSSR count). The van der Waals surface area contributed by atoms with Crippen LogP contribution in [0.25, 0.3) is 0 Å². The molecular formula is C33H48N4O4. The Labute approximate surface area is 245 Å². The molecule has 0 radical (unpaired) electrons. The van der Waals surface area contributed by atoms with Crippen molar-refractivity contribution in [2.24, 2.45) is 11.8 Å². The zero-order valence-corrected chi connectivity index (χ0v) is 25.3. The SMILES string of the molecule is CCC(C)C1NCCOc2ccccc2CCCNC(=O)C(Cc2ccccc2)NC(=O)C(C(C)CC)N(C)C1=O. The van der Waals surface area contributed by atoms with Gasteiger partial charge in [0.05, 0.1) is 6.04 Å². The predicted molar refractivity (Wildman–Crippen MR) is 163 cm³/mol. The van der Waals surface area contributed by atoms with E-state index >= 15 is 0 Å². The molecule has 224 valence electrons. The number of ether oxygens (including phenoxy) is 1. The minimum atomic E-state index is -0.766. The number of hydrogen-bond donors (Lipinski definition) is 3. The Balaban J connectivity index is 1.94. The summed E-state index contributed by atoms with van der Waals surface area (Å²) >= 11 is 0. The molecule has 0 spiro atoms. The standard InChI is InChI=1S/C33H48N4O4/c1-6-23(3)29-33(40)37(5)30(24(4)7-2)32(39)36-27(22-25-14-9-8-10-15-25)31(38)35-19-13-17-26-16-11-12-18-28(26)41-21-20-34-29/h8-12,14-16,18,23-24,27,29-30,34H,6-7,13,17,19-22H2,1-5H3,(H,35,38)(H,36,39). The summed E-state index contributed by atoms with van der Waals surface area (Å²) in [5.41, 5.74) is 2.02. The molecular weight excluding hydrogens is 516 g/mol. The van der Waals surface area contributed by atoms with E-state index in [-0.39, 0.29) is 29.6 Å². The van der Waals surface area contributed by atoms with E-state index < -0.39 is 18.1 Å².